The zero-order chi connectivity index (χ0) is 20.1. The van der Waals surface area contributed by atoms with Gasteiger partial charge < -0.3 is 0 Å². The number of aryl methyl sites for hydroxylation is 2. The lowest BCUT2D eigenvalue weighted by molar-refractivity contribution is 0.418. The van der Waals surface area contributed by atoms with E-state index in [1.807, 2.05) is 7.05 Å². The molecule has 2 rings (SSSR count). The second-order valence-electron chi connectivity index (χ2n) is 7.12. The Morgan fingerprint density at radius 1 is 0.741 bits per heavy atom. The summed E-state index contributed by atoms with van der Waals surface area (Å²) in [6, 6.07) is 17.8. The van der Waals surface area contributed by atoms with Gasteiger partial charge in [-0.15, -0.1) is 0 Å². The number of benzene rings is 2. The van der Waals surface area contributed by atoms with Crippen molar-refractivity contribution in [2.24, 2.45) is 0 Å². The highest BCUT2D eigenvalue weighted by molar-refractivity contribution is 5.37. The maximum Gasteiger partial charge on any atom is 0.0530 e. The molecular weight excluding hydrogens is 328 g/mol. The smallest absolute Gasteiger partial charge is 0.0530 e. The van der Waals surface area contributed by atoms with Gasteiger partial charge in [0.2, 0.25) is 0 Å². The molecule has 150 valence electrons. The van der Waals surface area contributed by atoms with Crippen molar-refractivity contribution in [3.05, 3.63) is 70.8 Å². The Kier molecular flexibility index (Phi) is 11.7. The van der Waals surface area contributed by atoms with Gasteiger partial charge in [0, 0.05) is 5.92 Å². The Hall–Kier alpha value is -1.64. The van der Waals surface area contributed by atoms with Crippen LogP contribution in [0.3, 0.4) is 0 Å². The van der Waals surface area contributed by atoms with Crippen molar-refractivity contribution in [2.75, 3.05) is 7.05 Å². The van der Waals surface area contributed by atoms with Crippen LogP contribution in [0.15, 0.2) is 48.5 Å². The van der Waals surface area contributed by atoms with Gasteiger partial charge in [-0.3, -0.25) is 5.43 Å². The van der Waals surface area contributed by atoms with E-state index in [4.69, 9.17) is 0 Å². The van der Waals surface area contributed by atoms with Gasteiger partial charge in [0.15, 0.2) is 0 Å². The van der Waals surface area contributed by atoms with Crippen LogP contribution in [0.1, 0.15) is 88.1 Å². The van der Waals surface area contributed by atoms with E-state index >= 15 is 0 Å². The third-order valence-corrected chi connectivity index (χ3v) is 5.20. The standard InChI is InChI=1S/C20H28N2.C5H12/c1-5-16-11-7-9-13-18(16)15(3)20(22-21-4)19-14-10-8-12-17(19)6-2;1-3-5-4-2/h7-15,20-22H,5-6H2,1-4H3;3-5H2,1-2H3. The lowest BCUT2D eigenvalue weighted by atomic mass is 9.84. The molecule has 0 aliphatic rings. The first kappa shape index (κ1) is 23.4. The molecule has 2 N–H and O–H groups in total. The Bertz CT molecular complexity index is 634. The van der Waals surface area contributed by atoms with Crippen molar-refractivity contribution in [3.8, 4) is 0 Å². The number of hydrogen-bond acceptors (Lipinski definition) is 2. The normalized spacial score (nSPS) is 12.8. The molecule has 0 aliphatic carbocycles. The van der Waals surface area contributed by atoms with Crippen molar-refractivity contribution in [1.29, 1.82) is 0 Å². The first-order chi connectivity index (χ1) is 13.1. The molecule has 2 atom stereocenters. The molecular formula is C25H40N2. The topological polar surface area (TPSA) is 24.1 Å². The summed E-state index contributed by atoms with van der Waals surface area (Å²) in [6.45, 7) is 11.2. The van der Waals surface area contributed by atoms with Crippen LogP contribution >= 0.6 is 0 Å². The molecule has 0 amide bonds. The number of hydrogen-bond donors (Lipinski definition) is 2. The van der Waals surface area contributed by atoms with E-state index in [-0.39, 0.29) is 6.04 Å². The van der Waals surface area contributed by atoms with Crippen molar-refractivity contribution in [2.45, 2.75) is 78.7 Å². The molecule has 0 radical (unpaired) electrons. The van der Waals surface area contributed by atoms with Gasteiger partial charge in [-0.25, -0.2) is 5.43 Å². The van der Waals surface area contributed by atoms with E-state index in [1.54, 1.807) is 0 Å². The first-order valence-electron chi connectivity index (χ1n) is 10.7. The van der Waals surface area contributed by atoms with Gasteiger partial charge in [-0.05, 0) is 42.1 Å². The maximum atomic E-state index is 3.47. The fourth-order valence-electron chi connectivity index (χ4n) is 3.62. The predicted octanol–water partition coefficient (Wildman–Crippen LogP) is 6.58. The second kappa shape index (κ2) is 13.5. The lowest BCUT2D eigenvalue weighted by Gasteiger charge is -2.29. The molecule has 2 unspecified atom stereocenters. The number of rotatable bonds is 9. The molecule has 27 heavy (non-hydrogen) atoms. The third-order valence-electron chi connectivity index (χ3n) is 5.20. The quantitative estimate of drug-likeness (QED) is 0.489. The highest BCUT2D eigenvalue weighted by atomic mass is 15.4. The summed E-state index contributed by atoms with van der Waals surface area (Å²) in [5.41, 5.74) is 12.3. The molecule has 0 aromatic heterocycles. The van der Waals surface area contributed by atoms with Crippen molar-refractivity contribution >= 4 is 0 Å². The van der Waals surface area contributed by atoms with Crippen molar-refractivity contribution in [1.82, 2.24) is 10.9 Å². The molecule has 2 aromatic carbocycles. The maximum absolute atomic E-state index is 3.47. The van der Waals surface area contributed by atoms with Gasteiger partial charge in [0.25, 0.3) is 0 Å². The average Bonchev–Trinajstić information content (AvgIpc) is 2.72. The Balaban J connectivity index is 0.000000646. The van der Waals surface area contributed by atoms with Crippen LogP contribution in [0.2, 0.25) is 0 Å². The van der Waals surface area contributed by atoms with Crippen LogP contribution < -0.4 is 10.9 Å². The fraction of sp³-hybridized carbons (Fsp3) is 0.520. The van der Waals surface area contributed by atoms with Crippen LogP contribution in [0.5, 0.6) is 0 Å². The van der Waals surface area contributed by atoms with Gasteiger partial charge >= 0.3 is 0 Å². The minimum Gasteiger partial charge on any atom is -0.260 e. The van der Waals surface area contributed by atoms with Gasteiger partial charge in [-0.1, -0.05) is 102 Å². The molecule has 0 bridgehead atoms. The van der Waals surface area contributed by atoms with E-state index in [1.165, 1.54) is 41.5 Å². The Labute approximate surface area is 167 Å². The van der Waals surface area contributed by atoms with Crippen LogP contribution in [0, 0.1) is 0 Å². The summed E-state index contributed by atoms with van der Waals surface area (Å²) in [4.78, 5) is 0. The lowest BCUT2D eigenvalue weighted by Crippen LogP contribution is -2.35. The van der Waals surface area contributed by atoms with Gasteiger partial charge in [0.1, 0.15) is 0 Å². The van der Waals surface area contributed by atoms with Gasteiger partial charge in [0.05, 0.1) is 6.04 Å². The summed E-state index contributed by atoms with van der Waals surface area (Å²) >= 11 is 0. The molecule has 0 spiro atoms. The summed E-state index contributed by atoms with van der Waals surface area (Å²) in [7, 11) is 1.94. The van der Waals surface area contributed by atoms with E-state index < -0.39 is 0 Å². The SMILES string of the molecule is CCCCC.CCc1ccccc1C(C)C(NNC)c1ccccc1CC. The highest BCUT2D eigenvalue weighted by Gasteiger charge is 2.23. The summed E-state index contributed by atoms with van der Waals surface area (Å²) < 4.78 is 0. The van der Waals surface area contributed by atoms with Crippen LogP contribution in [-0.2, 0) is 12.8 Å². The fourth-order valence-corrected chi connectivity index (χ4v) is 3.62. The summed E-state index contributed by atoms with van der Waals surface area (Å²) in [5, 5.41) is 0. The summed E-state index contributed by atoms with van der Waals surface area (Å²) in [5.74, 6) is 0.399. The van der Waals surface area contributed by atoms with E-state index in [0.29, 0.717) is 5.92 Å². The Morgan fingerprint density at radius 2 is 1.22 bits per heavy atom. The number of unbranched alkanes of at least 4 members (excludes halogenated alkanes) is 2. The molecule has 2 aromatic rings. The number of nitrogens with one attached hydrogen (secondary N) is 2. The largest absolute Gasteiger partial charge is 0.260 e. The minimum atomic E-state index is 0.258. The predicted molar refractivity (Wildman–Crippen MR) is 120 cm³/mol. The minimum absolute atomic E-state index is 0.258. The average molecular weight is 369 g/mol. The van der Waals surface area contributed by atoms with Crippen molar-refractivity contribution < 1.29 is 0 Å². The molecule has 0 saturated heterocycles. The van der Waals surface area contributed by atoms with Crippen LogP contribution in [-0.4, -0.2) is 7.05 Å². The van der Waals surface area contributed by atoms with Crippen molar-refractivity contribution in [3.63, 3.8) is 0 Å². The zero-order valence-electron chi connectivity index (χ0n) is 18.3. The summed E-state index contributed by atoms with van der Waals surface area (Å²) in [6.07, 6.45) is 6.20. The third kappa shape index (κ3) is 7.12. The van der Waals surface area contributed by atoms with Crippen LogP contribution in [0.25, 0.3) is 0 Å². The molecule has 0 fully saturated rings. The van der Waals surface area contributed by atoms with E-state index in [0.717, 1.165) is 12.8 Å². The highest BCUT2D eigenvalue weighted by Crippen LogP contribution is 2.34. The second-order valence-corrected chi connectivity index (χ2v) is 7.12. The zero-order valence-corrected chi connectivity index (χ0v) is 18.3. The molecule has 2 heteroatoms. The molecule has 0 aliphatic heterocycles. The monoisotopic (exact) mass is 368 g/mol. The Morgan fingerprint density at radius 3 is 1.67 bits per heavy atom. The molecule has 0 saturated carbocycles. The first-order valence-corrected chi connectivity index (χ1v) is 10.7. The van der Waals surface area contributed by atoms with Gasteiger partial charge in [-0.2, -0.15) is 0 Å². The van der Waals surface area contributed by atoms with Crippen LogP contribution in [0.4, 0.5) is 0 Å². The number of hydrazine groups is 1. The molecule has 0 heterocycles. The van der Waals surface area contributed by atoms with E-state index in [9.17, 15) is 0 Å². The van der Waals surface area contributed by atoms with E-state index in [2.05, 4.69) is 94.0 Å². The molecule has 2 nitrogen and oxygen atoms in total.